The van der Waals surface area contributed by atoms with Crippen molar-refractivity contribution in [3.63, 3.8) is 0 Å². The van der Waals surface area contributed by atoms with Crippen LogP contribution in [0.25, 0.3) is 10.4 Å². The number of aryl methyl sites for hydroxylation is 1. The lowest BCUT2D eigenvalue weighted by atomic mass is 9.79. The second kappa shape index (κ2) is 14.7. The van der Waals surface area contributed by atoms with Gasteiger partial charge in [0.05, 0.1) is 23.0 Å². The minimum Gasteiger partial charge on any atom is -0.444 e. The van der Waals surface area contributed by atoms with Crippen molar-refractivity contribution in [3.05, 3.63) is 46.2 Å². The second-order valence-corrected chi connectivity index (χ2v) is 17.3. The molecule has 4 aliphatic heterocycles. The molecule has 4 aliphatic rings. The number of amides is 2. The largest absolute Gasteiger partial charge is 0.444 e. The average molecular weight is 738 g/mol. The fraction of sp³-hybridized carbons (Fsp3) is 0.641. The Morgan fingerprint density at radius 3 is 2.38 bits per heavy atom. The standard InChI is InChI=1S/C39H53F2N7O3S/c1-24-19-46(38(50)51-39(4,5)6)20-25(2)31(24)21-44-13-9-28(10-14-44)48-33-11-15-45(26(3)49)22-32(33)37(43-48)47-12-7-8-27-16-29(35-18-42-23-52-35)30(36(40)41)17-34(27)47/h16-18,23-25,28,31,36H,7-15,19-22H2,1-6H3. The van der Waals surface area contributed by atoms with Gasteiger partial charge in [-0.3, -0.25) is 14.5 Å². The van der Waals surface area contributed by atoms with Crippen molar-refractivity contribution in [2.75, 3.05) is 50.7 Å². The molecule has 2 atom stereocenters. The summed E-state index contributed by atoms with van der Waals surface area (Å²) in [6, 6.07) is 3.82. The van der Waals surface area contributed by atoms with Gasteiger partial charge in [-0.05, 0) is 81.9 Å². The number of piperidine rings is 2. The van der Waals surface area contributed by atoms with Crippen LogP contribution < -0.4 is 4.90 Å². The highest BCUT2D eigenvalue weighted by molar-refractivity contribution is 7.13. The van der Waals surface area contributed by atoms with Crippen LogP contribution in [0, 0.1) is 17.8 Å². The zero-order valence-electron chi connectivity index (χ0n) is 31.4. The van der Waals surface area contributed by atoms with E-state index < -0.39 is 12.0 Å². The van der Waals surface area contributed by atoms with Crippen LogP contribution in [-0.2, 0) is 28.9 Å². The van der Waals surface area contributed by atoms with E-state index >= 15 is 0 Å². The van der Waals surface area contributed by atoms with Gasteiger partial charge in [0.15, 0.2) is 5.82 Å². The summed E-state index contributed by atoms with van der Waals surface area (Å²) in [5.74, 6) is 2.07. The van der Waals surface area contributed by atoms with Crippen LogP contribution in [0.1, 0.15) is 95.7 Å². The maximum atomic E-state index is 14.6. The highest BCUT2D eigenvalue weighted by atomic mass is 32.1. The summed E-state index contributed by atoms with van der Waals surface area (Å²) in [5.41, 5.74) is 5.78. The maximum absolute atomic E-state index is 14.6. The van der Waals surface area contributed by atoms with E-state index in [1.54, 1.807) is 24.7 Å². The van der Waals surface area contributed by atoms with Gasteiger partial charge in [-0.2, -0.15) is 5.10 Å². The molecule has 1 aromatic carbocycles. The minimum absolute atomic E-state index is 0.0140. The van der Waals surface area contributed by atoms with Crippen molar-refractivity contribution in [3.8, 4) is 10.4 Å². The van der Waals surface area contributed by atoms with E-state index in [1.807, 2.05) is 36.6 Å². The van der Waals surface area contributed by atoms with Gasteiger partial charge in [0.1, 0.15) is 5.60 Å². The Bertz CT molecular complexity index is 1750. The Balaban J connectivity index is 1.10. The van der Waals surface area contributed by atoms with Crippen LogP contribution in [0.4, 0.5) is 25.1 Å². The molecule has 3 aromatic rings. The number of nitrogens with zero attached hydrogens (tertiary/aromatic N) is 7. The predicted molar refractivity (Wildman–Crippen MR) is 199 cm³/mol. The molecule has 282 valence electrons. The molecule has 2 unspecified atom stereocenters. The number of fused-ring (bicyclic) bond motifs is 2. The number of anilines is 2. The van der Waals surface area contributed by atoms with E-state index in [4.69, 9.17) is 9.84 Å². The predicted octanol–water partition coefficient (Wildman–Crippen LogP) is 7.71. The summed E-state index contributed by atoms with van der Waals surface area (Å²) in [5, 5.41) is 5.33. The molecule has 52 heavy (non-hydrogen) atoms. The van der Waals surface area contributed by atoms with E-state index in [1.165, 1.54) is 17.0 Å². The van der Waals surface area contributed by atoms with Crippen molar-refractivity contribution in [1.82, 2.24) is 29.5 Å². The summed E-state index contributed by atoms with van der Waals surface area (Å²) < 4.78 is 37.1. The van der Waals surface area contributed by atoms with Crippen molar-refractivity contribution >= 4 is 34.8 Å². The van der Waals surface area contributed by atoms with Crippen LogP contribution in [0.15, 0.2) is 23.8 Å². The molecular weight excluding hydrogens is 685 g/mol. The molecule has 0 N–H and O–H groups in total. The first-order valence-corrected chi connectivity index (χ1v) is 19.8. The topological polar surface area (TPSA) is 87.0 Å². The Morgan fingerprint density at radius 1 is 1.02 bits per heavy atom. The van der Waals surface area contributed by atoms with E-state index in [-0.39, 0.29) is 23.6 Å². The maximum Gasteiger partial charge on any atom is 0.410 e. The Morgan fingerprint density at radius 2 is 1.75 bits per heavy atom. The number of hydrogen-bond acceptors (Lipinski definition) is 8. The third-order valence-corrected chi connectivity index (χ3v) is 12.4. The van der Waals surface area contributed by atoms with Gasteiger partial charge in [0, 0.05) is 93.4 Å². The summed E-state index contributed by atoms with van der Waals surface area (Å²) in [6.07, 6.45) is 3.16. The molecule has 0 radical (unpaired) electrons. The van der Waals surface area contributed by atoms with Crippen LogP contribution in [0.2, 0.25) is 0 Å². The number of hydrogen-bond donors (Lipinski definition) is 0. The molecule has 6 heterocycles. The van der Waals surface area contributed by atoms with Crippen molar-refractivity contribution in [1.29, 1.82) is 0 Å². The molecule has 2 fully saturated rings. The van der Waals surface area contributed by atoms with E-state index in [2.05, 4.69) is 33.3 Å². The summed E-state index contributed by atoms with van der Waals surface area (Å²) in [7, 11) is 0. The molecule has 0 bridgehead atoms. The van der Waals surface area contributed by atoms with Gasteiger partial charge in [-0.25, -0.2) is 13.6 Å². The van der Waals surface area contributed by atoms with Crippen LogP contribution in [0.3, 0.4) is 0 Å². The molecule has 2 aromatic heterocycles. The van der Waals surface area contributed by atoms with Crippen LogP contribution in [0.5, 0.6) is 0 Å². The SMILES string of the molecule is CC(=O)N1CCc2c(c(N3CCCc4cc(-c5cncs5)c(C(F)F)cc43)nn2C2CCN(CC3C(C)CN(C(=O)OC(C)(C)C)CC3C)CC2)C1. The normalized spacial score (nSPS) is 23.2. The zero-order valence-corrected chi connectivity index (χ0v) is 32.2. The molecule has 2 amide bonds. The highest BCUT2D eigenvalue weighted by Crippen LogP contribution is 2.44. The van der Waals surface area contributed by atoms with E-state index in [0.717, 1.165) is 79.2 Å². The number of thiazole rings is 1. The smallest absolute Gasteiger partial charge is 0.410 e. The Labute approximate surface area is 310 Å². The Kier molecular flexibility index (Phi) is 10.4. The van der Waals surface area contributed by atoms with E-state index in [0.29, 0.717) is 56.0 Å². The lowest BCUT2D eigenvalue weighted by Crippen LogP contribution is -2.52. The Hall–Kier alpha value is -3.58. The molecule has 2 saturated heterocycles. The average Bonchev–Trinajstić information content (AvgIpc) is 3.77. The third kappa shape index (κ3) is 7.44. The second-order valence-electron chi connectivity index (χ2n) is 16.4. The lowest BCUT2D eigenvalue weighted by Gasteiger charge is -2.44. The minimum atomic E-state index is -2.63. The van der Waals surface area contributed by atoms with E-state index in [9.17, 15) is 18.4 Å². The number of alkyl halides is 2. The highest BCUT2D eigenvalue weighted by Gasteiger charge is 2.39. The first kappa shape index (κ1) is 36.8. The van der Waals surface area contributed by atoms with Gasteiger partial charge < -0.3 is 24.3 Å². The number of ether oxygens (including phenoxy) is 1. The van der Waals surface area contributed by atoms with Gasteiger partial charge in [0.2, 0.25) is 5.91 Å². The monoisotopic (exact) mass is 737 g/mol. The molecule has 10 nitrogen and oxygen atoms in total. The first-order chi connectivity index (χ1) is 24.8. The lowest BCUT2D eigenvalue weighted by molar-refractivity contribution is -0.129. The number of halogens is 2. The van der Waals surface area contributed by atoms with Crippen molar-refractivity contribution < 1.29 is 23.1 Å². The molecule has 13 heteroatoms. The molecule has 0 saturated carbocycles. The molecular formula is C39H53F2N7O3S. The van der Waals surface area contributed by atoms with Gasteiger partial charge in [-0.1, -0.05) is 13.8 Å². The quantitative estimate of drug-likeness (QED) is 0.256. The van der Waals surface area contributed by atoms with Crippen molar-refractivity contribution in [2.45, 2.75) is 98.3 Å². The number of likely N-dealkylation sites (tertiary alicyclic amines) is 2. The first-order valence-electron chi connectivity index (χ1n) is 18.9. The van der Waals surface area contributed by atoms with Gasteiger partial charge >= 0.3 is 6.09 Å². The molecule has 0 spiro atoms. The van der Waals surface area contributed by atoms with Crippen molar-refractivity contribution in [2.24, 2.45) is 17.8 Å². The summed E-state index contributed by atoms with van der Waals surface area (Å²) in [4.78, 5) is 38.8. The number of benzene rings is 1. The fourth-order valence-corrected chi connectivity index (χ4v) is 9.57. The fourth-order valence-electron chi connectivity index (χ4n) is 8.91. The third-order valence-electron chi connectivity index (χ3n) is 11.6. The molecule has 0 aliphatic carbocycles. The van der Waals surface area contributed by atoms with Gasteiger partial charge in [0.25, 0.3) is 6.43 Å². The zero-order chi connectivity index (χ0) is 36.9. The summed E-state index contributed by atoms with van der Waals surface area (Å²) >= 11 is 1.37. The summed E-state index contributed by atoms with van der Waals surface area (Å²) in [6.45, 7) is 18.0. The van der Waals surface area contributed by atoms with Crippen LogP contribution >= 0.6 is 11.3 Å². The number of carbonyl (C=O) groups excluding carboxylic acids is 2. The number of carbonyl (C=O) groups is 2. The molecule has 7 rings (SSSR count). The number of aromatic nitrogens is 3. The number of rotatable bonds is 6. The van der Waals surface area contributed by atoms with Crippen LogP contribution in [-0.4, -0.2) is 92.9 Å². The van der Waals surface area contributed by atoms with Gasteiger partial charge in [-0.15, -0.1) is 11.3 Å².